The number of hydrogen-bond donors (Lipinski definition) is 0. The molecule has 0 aliphatic carbocycles. The Hall–Kier alpha value is -4.00. The Morgan fingerprint density at radius 3 is 1.31 bits per heavy atom. The lowest BCUT2D eigenvalue weighted by Gasteiger charge is -2.12. The monoisotopic (exact) mass is 512 g/mol. The predicted molar refractivity (Wildman–Crippen MR) is 150 cm³/mol. The van der Waals surface area contributed by atoms with E-state index in [1.165, 1.54) is 12.8 Å². The highest BCUT2D eigenvalue weighted by molar-refractivity contribution is 6.27. The molecule has 0 N–H and O–H groups in total. The van der Waals surface area contributed by atoms with Crippen LogP contribution >= 0.6 is 23.2 Å². The molecule has 4 heterocycles. The first kappa shape index (κ1) is 22.5. The fraction of sp³-hybridized carbons (Fsp3) is 0.0714. The van der Waals surface area contributed by atoms with Crippen LogP contribution in [-0.4, -0.2) is 31.5 Å². The summed E-state index contributed by atoms with van der Waals surface area (Å²) < 4.78 is 3.35. The van der Waals surface area contributed by atoms with Gasteiger partial charge in [0.25, 0.3) is 11.1 Å². The van der Waals surface area contributed by atoms with Gasteiger partial charge >= 0.3 is 0 Å². The van der Waals surface area contributed by atoms with Gasteiger partial charge in [0.2, 0.25) is 0 Å². The maximum Gasteiger partial charge on any atom is 0.264 e. The van der Waals surface area contributed by atoms with Gasteiger partial charge in [-0.2, -0.15) is 0 Å². The van der Waals surface area contributed by atoms with Crippen LogP contribution in [0.3, 0.4) is 0 Å². The average Bonchev–Trinajstić information content (AvgIpc) is 3.52. The number of halogens is 2. The van der Waals surface area contributed by atoms with E-state index in [-0.39, 0.29) is 11.1 Å². The summed E-state index contributed by atoms with van der Waals surface area (Å²) in [5, 5.41) is 4.42. The van der Waals surface area contributed by atoms with E-state index in [4.69, 9.17) is 9.97 Å². The number of para-hydroxylation sites is 4. The van der Waals surface area contributed by atoms with E-state index < -0.39 is 0 Å². The molecule has 0 unspecified atom stereocenters. The Bertz CT molecular complexity index is 2040. The van der Waals surface area contributed by atoms with Crippen LogP contribution in [0.2, 0.25) is 0 Å². The first-order chi connectivity index (χ1) is 17.7. The molecular weight excluding hydrogens is 495 g/mol. The van der Waals surface area contributed by atoms with Crippen molar-refractivity contribution in [3.8, 4) is 0 Å². The molecule has 0 atom stereocenters. The third kappa shape index (κ3) is 2.74. The predicted octanol–water partition coefficient (Wildman–Crippen LogP) is 6.05. The number of rotatable bonds is 0. The second-order valence-corrected chi connectivity index (χ2v) is 8.20. The lowest BCUT2D eigenvalue weighted by molar-refractivity contribution is 1.18. The summed E-state index contributed by atoms with van der Waals surface area (Å²) in [7, 11) is 0. The highest BCUT2D eigenvalue weighted by Crippen LogP contribution is 2.36. The Labute approximate surface area is 213 Å². The Morgan fingerprint density at radius 2 is 0.889 bits per heavy atom. The zero-order valence-corrected chi connectivity index (χ0v) is 20.8. The molecule has 0 saturated carbocycles. The van der Waals surface area contributed by atoms with Crippen molar-refractivity contribution in [3.63, 3.8) is 0 Å². The maximum absolute atomic E-state index is 13.6. The van der Waals surface area contributed by atoms with Crippen molar-refractivity contribution < 1.29 is 0 Å². The minimum Gasteiger partial charge on any atom is -0.268 e. The van der Waals surface area contributed by atoms with Gasteiger partial charge in [-0.1, -0.05) is 24.3 Å². The van der Waals surface area contributed by atoms with Crippen molar-refractivity contribution in [2.45, 2.75) is 0 Å². The van der Waals surface area contributed by atoms with Crippen molar-refractivity contribution in [1.29, 1.82) is 0 Å². The number of nitrogens with zero attached hydrogens (tertiary/aromatic N) is 4. The number of aromatic nitrogens is 4. The van der Waals surface area contributed by atoms with Gasteiger partial charge in [0, 0.05) is 45.1 Å². The zero-order chi connectivity index (χ0) is 25.1. The lowest BCUT2D eigenvalue weighted by atomic mass is 9.96. The molecule has 36 heavy (non-hydrogen) atoms. The molecule has 8 rings (SSSR count). The highest BCUT2D eigenvalue weighted by Gasteiger charge is 2.21. The van der Waals surface area contributed by atoms with E-state index >= 15 is 0 Å². The van der Waals surface area contributed by atoms with Crippen molar-refractivity contribution in [1.82, 2.24) is 18.8 Å². The molecule has 8 heteroatoms. The summed E-state index contributed by atoms with van der Waals surface area (Å²) in [4.78, 5) is 36.7. The number of hydrogen-bond acceptors (Lipinski definition) is 4. The molecule has 0 radical (unpaired) electrons. The molecule has 0 fully saturated rings. The fourth-order valence-electron chi connectivity index (χ4n) is 5.29. The van der Waals surface area contributed by atoms with E-state index in [2.05, 4.69) is 23.2 Å². The molecule has 6 nitrogen and oxygen atoms in total. The molecule has 0 aliphatic heterocycles. The van der Waals surface area contributed by atoms with Crippen LogP contribution in [0, 0.1) is 0 Å². The first-order valence-corrected chi connectivity index (χ1v) is 12.6. The van der Waals surface area contributed by atoms with Crippen LogP contribution in [0.15, 0.2) is 82.4 Å². The average molecular weight is 513 g/mol. The Balaban J connectivity index is 0.000000575. The summed E-state index contributed by atoms with van der Waals surface area (Å²) >= 11 is 9.28. The lowest BCUT2D eigenvalue weighted by Crippen LogP contribution is -2.16. The summed E-state index contributed by atoms with van der Waals surface area (Å²) in [5.74, 6) is 0. The molecule has 0 saturated heterocycles. The van der Waals surface area contributed by atoms with Crippen LogP contribution < -0.4 is 11.1 Å². The number of pyridine rings is 2. The van der Waals surface area contributed by atoms with Crippen molar-refractivity contribution >= 4 is 88.9 Å². The SMILES string of the molecule is CCl.CCl.O=c1c2ccc3c(=O)n4c5ccccc5nc4c4ccc(c2c34)c2nc3ccccc3n12. The molecule has 0 bridgehead atoms. The molecule has 0 aliphatic rings. The van der Waals surface area contributed by atoms with Gasteiger partial charge < -0.3 is 0 Å². The summed E-state index contributed by atoms with van der Waals surface area (Å²) in [6.45, 7) is 0. The number of imidazole rings is 2. The van der Waals surface area contributed by atoms with Crippen LogP contribution in [-0.2, 0) is 0 Å². The number of benzene rings is 4. The third-order valence-electron chi connectivity index (χ3n) is 6.63. The quantitative estimate of drug-likeness (QED) is 0.183. The minimum absolute atomic E-state index is 0.128. The molecule has 176 valence electrons. The molecule has 0 amide bonds. The van der Waals surface area contributed by atoms with Gasteiger partial charge in [0.05, 0.1) is 22.1 Å². The van der Waals surface area contributed by atoms with Gasteiger partial charge in [0.15, 0.2) is 0 Å². The van der Waals surface area contributed by atoms with Crippen LogP contribution in [0.4, 0.5) is 0 Å². The third-order valence-corrected chi connectivity index (χ3v) is 6.63. The van der Waals surface area contributed by atoms with Gasteiger partial charge in [-0.3, -0.25) is 18.4 Å². The largest absolute Gasteiger partial charge is 0.268 e. The Kier molecular flexibility index (Phi) is 5.18. The van der Waals surface area contributed by atoms with Crippen LogP contribution in [0.1, 0.15) is 0 Å². The number of fused-ring (bicyclic) bond motifs is 8. The fourth-order valence-corrected chi connectivity index (χ4v) is 5.29. The van der Waals surface area contributed by atoms with Gasteiger partial charge in [-0.15, -0.1) is 23.2 Å². The first-order valence-electron chi connectivity index (χ1n) is 11.1. The van der Waals surface area contributed by atoms with E-state index in [0.29, 0.717) is 22.1 Å². The van der Waals surface area contributed by atoms with Crippen LogP contribution in [0.25, 0.3) is 65.7 Å². The van der Waals surface area contributed by atoms with Crippen molar-refractivity contribution in [3.05, 3.63) is 93.5 Å². The number of alkyl halides is 2. The van der Waals surface area contributed by atoms with Gasteiger partial charge in [-0.05, 0) is 48.5 Å². The van der Waals surface area contributed by atoms with E-state index in [1.54, 1.807) is 20.9 Å². The van der Waals surface area contributed by atoms with Crippen LogP contribution in [0.5, 0.6) is 0 Å². The topological polar surface area (TPSA) is 68.7 Å². The molecule has 0 spiro atoms. The van der Waals surface area contributed by atoms with Crippen molar-refractivity contribution in [2.24, 2.45) is 0 Å². The molecule has 4 aromatic carbocycles. The standard InChI is InChI=1S/C26H12N4O2.2CH3Cl/c31-25-15-11-12-16-22-14(24-28-18-6-2-4-8-20(18)30(24)26(16)32)10-9-13(21(15)22)23-27-17-5-1-3-7-19(17)29(23)25;2*1-2/h1-12H;2*1H3. The highest BCUT2D eigenvalue weighted by atomic mass is 35.5. The molecular formula is C28H18Cl2N4O2. The summed E-state index contributed by atoms with van der Waals surface area (Å²) in [6.07, 6.45) is 2.94. The van der Waals surface area contributed by atoms with E-state index in [9.17, 15) is 9.59 Å². The normalized spacial score (nSPS) is 11.6. The second kappa shape index (κ2) is 8.29. The molecule has 8 aromatic rings. The van der Waals surface area contributed by atoms with Crippen molar-refractivity contribution in [2.75, 3.05) is 12.8 Å². The Morgan fingerprint density at radius 1 is 0.528 bits per heavy atom. The van der Waals surface area contributed by atoms with Gasteiger partial charge in [0.1, 0.15) is 11.3 Å². The van der Waals surface area contributed by atoms with E-state index in [0.717, 1.165) is 43.6 Å². The summed E-state index contributed by atoms with van der Waals surface area (Å²) in [5.41, 5.74) is 4.07. The smallest absolute Gasteiger partial charge is 0.264 e. The van der Waals surface area contributed by atoms with E-state index in [1.807, 2.05) is 60.7 Å². The minimum atomic E-state index is -0.128. The maximum atomic E-state index is 13.6. The van der Waals surface area contributed by atoms with Gasteiger partial charge in [-0.25, -0.2) is 9.97 Å². The summed E-state index contributed by atoms with van der Waals surface area (Å²) in [6, 6.07) is 22.8. The molecule has 4 aromatic heterocycles. The second-order valence-electron chi connectivity index (χ2n) is 8.20. The zero-order valence-electron chi connectivity index (χ0n) is 19.3.